The van der Waals surface area contributed by atoms with Gasteiger partial charge in [-0.3, -0.25) is 4.79 Å². The number of nitrogens with zero attached hydrogens (tertiary/aromatic N) is 1. The number of benzene rings is 3. The van der Waals surface area contributed by atoms with Crippen LogP contribution in [0.5, 0.6) is 5.75 Å². The van der Waals surface area contributed by atoms with E-state index in [1.165, 1.54) is 6.08 Å². The number of halogens is 2. The van der Waals surface area contributed by atoms with Gasteiger partial charge in [0.1, 0.15) is 5.75 Å². The van der Waals surface area contributed by atoms with Gasteiger partial charge in [-0.05, 0) is 70.5 Å². The number of carbonyl (C=O) groups is 1. The molecule has 6 nitrogen and oxygen atoms in total. The lowest BCUT2D eigenvalue weighted by atomic mass is 10.1. The van der Waals surface area contributed by atoms with Gasteiger partial charge in [0.15, 0.2) is 0 Å². The van der Waals surface area contributed by atoms with Crippen LogP contribution >= 0.6 is 31.9 Å². The number of carbonyl (C=O) groups excluding carboxylic acids is 1. The number of hydrogen-bond acceptors (Lipinski definition) is 5. The van der Waals surface area contributed by atoms with Crippen LogP contribution in [0.1, 0.15) is 5.56 Å². The third kappa shape index (κ3) is 4.81. The van der Waals surface area contributed by atoms with E-state index in [0.29, 0.717) is 27.9 Å². The summed E-state index contributed by atoms with van der Waals surface area (Å²) < 4.78 is 12.4. The van der Waals surface area contributed by atoms with E-state index in [9.17, 15) is 9.59 Å². The Bertz CT molecular complexity index is 1400. The lowest BCUT2D eigenvalue weighted by Crippen LogP contribution is -2.07. The third-order valence-corrected chi connectivity index (χ3v) is 5.64. The fourth-order valence-corrected chi connectivity index (χ4v) is 4.53. The van der Waals surface area contributed by atoms with Crippen molar-refractivity contribution in [2.45, 2.75) is 0 Å². The number of anilines is 1. The van der Waals surface area contributed by atoms with Crippen LogP contribution in [0, 0.1) is 0 Å². The molecule has 0 radical (unpaired) electrons. The smallest absolute Gasteiger partial charge is 0.347 e. The summed E-state index contributed by atoms with van der Waals surface area (Å²) in [6.07, 6.45) is 3.10. The van der Waals surface area contributed by atoms with Crippen molar-refractivity contribution in [2.24, 2.45) is 0 Å². The highest BCUT2D eigenvalue weighted by Gasteiger charge is 2.10. The van der Waals surface area contributed by atoms with Crippen molar-refractivity contribution in [3.05, 3.63) is 91.7 Å². The Kier molecular flexibility index (Phi) is 6.53. The number of amides is 1. The molecule has 0 saturated heterocycles. The van der Waals surface area contributed by atoms with Crippen LogP contribution in [0.4, 0.5) is 5.69 Å². The van der Waals surface area contributed by atoms with E-state index in [2.05, 4.69) is 42.2 Å². The molecule has 160 valence electrons. The monoisotopic (exact) mass is 554 g/mol. The second-order valence-corrected chi connectivity index (χ2v) is 8.50. The molecule has 0 atom stereocenters. The third-order valence-electron chi connectivity index (χ3n) is 4.59. The fraction of sp³-hybridized carbons (Fsp3) is 0.0417. The molecule has 1 N–H and O–H groups in total. The predicted octanol–water partition coefficient (Wildman–Crippen LogP) is 6.04. The molecule has 0 fully saturated rings. The lowest BCUT2D eigenvalue weighted by molar-refractivity contribution is -0.111. The molecule has 1 amide bonds. The number of methoxy groups -OCH3 is 1. The molecule has 0 aliphatic carbocycles. The van der Waals surface area contributed by atoms with Crippen LogP contribution in [0.2, 0.25) is 0 Å². The minimum Gasteiger partial charge on any atom is -0.495 e. The minimum atomic E-state index is -0.442. The second kappa shape index (κ2) is 9.50. The molecule has 0 spiro atoms. The number of aromatic nitrogens is 1. The maximum atomic E-state index is 12.4. The van der Waals surface area contributed by atoms with Crippen LogP contribution in [0.15, 0.2) is 84.9 Å². The van der Waals surface area contributed by atoms with Gasteiger partial charge in [0.2, 0.25) is 11.8 Å². The summed E-state index contributed by atoms with van der Waals surface area (Å²) in [5.41, 5.74) is 2.09. The molecule has 8 heteroatoms. The van der Waals surface area contributed by atoms with Crippen molar-refractivity contribution in [3.8, 4) is 17.2 Å². The molecule has 0 bridgehead atoms. The van der Waals surface area contributed by atoms with Gasteiger partial charge in [0.25, 0.3) is 0 Å². The lowest BCUT2D eigenvalue weighted by Gasteiger charge is -2.08. The Balaban J connectivity index is 1.50. The van der Waals surface area contributed by atoms with Crippen molar-refractivity contribution in [3.63, 3.8) is 0 Å². The topological polar surface area (TPSA) is 81.4 Å². The zero-order valence-corrected chi connectivity index (χ0v) is 19.9. The highest BCUT2D eigenvalue weighted by Crippen LogP contribution is 2.33. The molecule has 3 aromatic carbocycles. The molecule has 4 aromatic rings. The summed E-state index contributed by atoms with van der Waals surface area (Å²) in [7, 11) is 1.57. The van der Waals surface area contributed by atoms with E-state index in [4.69, 9.17) is 9.15 Å². The average molecular weight is 556 g/mol. The summed E-state index contributed by atoms with van der Waals surface area (Å²) in [6, 6.07) is 17.6. The molecule has 1 heterocycles. The van der Waals surface area contributed by atoms with Crippen molar-refractivity contribution >= 4 is 60.4 Å². The summed E-state index contributed by atoms with van der Waals surface area (Å²) >= 11 is 6.87. The van der Waals surface area contributed by atoms with E-state index in [1.54, 1.807) is 55.7 Å². The summed E-state index contributed by atoms with van der Waals surface area (Å²) in [5.74, 6) is 0.552. The Hall–Kier alpha value is -3.23. The van der Waals surface area contributed by atoms with Gasteiger partial charge in [-0.15, -0.1) is 0 Å². The normalized spacial score (nSPS) is 11.1. The first-order valence-electron chi connectivity index (χ1n) is 9.47. The summed E-state index contributed by atoms with van der Waals surface area (Å²) in [5, 5.41) is 3.23. The number of ether oxygens (including phenoxy) is 1. The molecule has 0 unspecified atom stereocenters. The quantitative estimate of drug-likeness (QED) is 0.304. The van der Waals surface area contributed by atoms with Crippen molar-refractivity contribution in [2.75, 3.05) is 12.4 Å². The van der Waals surface area contributed by atoms with Crippen molar-refractivity contribution in [1.82, 2.24) is 4.98 Å². The Morgan fingerprint density at radius 1 is 1.09 bits per heavy atom. The first-order chi connectivity index (χ1) is 15.4. The number of rotatable bonds is 5. The molecule has 0 aliphatic rings. The van der Waals surface area contributed by atoms with Gasteiger partial charge < -0.3 is 14.5 Å². The maximum absolute atomic E-state index is 12.4. The molecule has 32 heavy (non-hydrogen) atoms. The molecule has 0 aliphatic heterocycles. The highest BCUT2D eigenvalue weighted by molar-refractivity contribution is 9.11. The largest absolute Gasteiger partial charge is 0.495 e. The van der Waals surface area contributed by atoms with Gasteiger partial charge in [0, 0.05) is 27.4 Å². The van der Waals surface area contributed by atoms with E-state index < -0.39 is 5.63 Å². The van der Waals surface area contributed by atoms with Crippen LogP contribution in [0.25, 0.3) is 28.4 Å². The van der Waals surface area contributed by atoms with Crippen LogP contribution in [-0.2, 0) is 4.79 Å². The number of para-hydroxylation sites is 1. The Morgan fingerprint density at radius 3 is 2.59 bits per heavy atom. The molecule has 1 aromatic heterocycles. The average Bonchev–Trinajstić information content (AvgIpc) is 2.78. The van der Waals surface area contributed by atoms with Gasteiger partial charge in [-0.1, -0.05) is 28.1 Å². The molecular weight excluding hydrogens is 540 g/mol. The van der Waals surface area contributed by atoms with Crippen LogP contribution in [0.3, 0.4) is 0 Å². The second-order valence-electron chi connectivity index (χ2n) is 6.73. The zero-order valence-electron chi connectivity index (χ0n) is 16.8. The van der Waals surface area contributed by atoms with E-state index in [-0.39, 0.29) is 11.8 Å². The summed E-state index contributed by atoms with van der Waals surface area (Å²) in [4.78, 5) is 28.9. The van der Waals surface area contributed by atoms with Crippen LogP contribution in [-0.4, -0.2) is 18.0 Å². The van der Waals surface area contributed by atoms with Crippen LogP contribution < -0.4 is 15.7 Å². The van der Waals surface area contributed by atoms with Crippen molar-refractivity contribution in [1.29, 1.82) is 0 Å². The Labute approximate surface area is 200 Å². The number of fused-ring (bicyclic) bond motifs is 1. The minimum absolute atomic E-state index is 0.221. The van der Waals surface area contributed by atoms with Gasteiger partial charge in [-0.2, -0.15) is 0 Å². The first kappa shape index (κ1) is 22.0. The van der Waals surface area contributed by atoms with E-state index >= 15 is 0 Å². The molecule has 0 saturated carbocycles. The predicted molar refractivity (Wildman–Crippen MR) is 132 cm³/mol. The fourth-order valence-electron chi connectivity index (χ4n) is 3.11. The highest BCUT2D eigenvalue weighted by atomic mass is 79.9. The van der Waals surface area contributed by atoms with E-state index in [1.807, 2.05) is 18.2 Å². The Morgan fingerprint density at radius 2 is 1.84 bits per heavy atom. The van der Waals surface area contributed by atoms with Gasteiger partial charge >= 0.3 is 5.63 Å². The van der Waals surface area contributed by atoms with E-state index in [0.717, 1.165) is 14.5 Å². The molecular formula is C24H16Br2N2O4. The maximum Gasteiger partial charge on any atom is 0.347 e. The standard InChI is InChI=1S/C24H16Br2N2O4/c1-31-22-15(12-16(25)13-19(22)26)8-11-21(29)27-17-9-6-14(7-10-17)23-28-20-5-3-2-4-18(20)24(30)32-23/h2-13H,1H3,(H,27,29)/b11-8+. The molecule has 4 rings (SSSR count). The van der Waals surface area contributed by atoms with Crippen molar-refractivity contribution < 1.29 is 13.9 Å². The number of hydrogen-bond donors (Lipinski definition) is 1. The first-order valence-corrected chi connectivity index (χ1v) is 11.1. The van der Waals surface area contributed by atoms with Gasteiger partial charge in [0.05, 0.1) is 22.5 Å². The zero-order chi connectivity index (χ0) is 22.7. The van der Waals surface area contributed by atoms with Gasteiger partial charge in [-0.25, -0.2) is 9.78 Å². The SMILES string of the molecule is COc1c(Br)cc(Br)cc1/C=C/C(=O)Nc1ccc(-c2nc3ccccc3c(=O)o2)cc1. The number of nitrogens with one attached hydrogen (secondary N) is 1. The summed E-state index contributed by atoms with van der Waals surface area (Å²) in [6.45, 7) is 0.